The SMILES string of the molecule is Cl.Cl.O=C(O)CN1CCC(c2cccc(N3CCC(=O)NC3=O)c2)CC1. The molecule has 2 fully saturated rings. The molecule has 0 aromatic heterocycles. The summed E-state index contributed by atoms with van der Waals surface area (Å²) in [4.78, 5) is 37.6. The van der Waals surface area contributed by atoms with Crippen LogP contribution in [0.25, 0.3) is 0 Å². The molecule has 3 amide bonds. The van der Waals surface area contributed by atoms with Gasteiger partial charge in [0.2, 0.25) is 5.91 Å². The van der Waals surface area contributed by atoms with Crippen LogP contribution in [0.15, 0.2) is 24.3 Å². The molecule has 0 aliphatic carbocycles. The highest BCUT2D eigenvalue weighted by Gasteiger charge is 2.26. The molecule has 2 saturated heterocycles. The second-order valence-corrected chi connectivity index (χ2v) is 6.29. The normalized spacial score (nSPS) is 18.5. The van der Waals surface area contributed by atoms with Gasteiger partial charge < -0.3 is 5.11 Å². The third kappa shape index (κ3) is 5.33. The molecule has 0 atom stereocenters. The van der Waals surface area contributed by atoms with E-state index in [0.29, 0.717) is 18.9 Å². The van der Waals surface area contributed by atoms with Gasteiger partial charge in [0.1, 0.15) is 0 Å². The highest BCUT2D eigenvalue weighted by atomic mass is 35.5. The predicted octanol–water partition coefficient (Wildman–Crippen LogP) is 2.24. The Balaban J connectivity index is 0.00000169. The number of urea groups is 1. The minimum atomic E-state index is -0.791. The van der Waals surface area contributed by atoms with Gasteiger partial charge in [-0.3, -0.25) is 24.7 Å². The molecule has 7 nitrogen and oxygen atoms in total. The minimum Gasteiger partial charge on any atom is -0.480 e. The number of carboxylic acid groups (broad SMARTS) is 1. The first-order valence-electron chi connectivity index (χ1n) is 8.18. The number of imide groups is 1. The van der Waals surface area contributed by atoms with E-state index in [1.165, 1.54) is 0 Å². The number of nitrogens with one attached hydrogen (secondary N) is 1. The van der Waals surface area contributed by atoms with Gasteiger partial charge in [-0.05, 0) is 49.5 Å². The first-order valence-corrected chi connectivity index (χ1v) is 8.18. The quantitative estimate of drug-likeness (QED) is 0.804. The fourth-order valence-corrected chi connectivity index (χ4v) is 3.37. The van der Waals surface area contributed by atoms with E-state index in [4.69, 9.17) is 5.11 Å². The molecule has 0 spiro atoms. The molecule has 26 heavy (non-hydrogen) atoms. The Bertz CT molecular complexity index is 663. The number of carbonyl (C=O) groups is 3. The van der Waals surface area contributed by atoms with E-state index in [0.717, 1.165) is 37.2 Å². The lowest BCUT2D eigenvalue weighted by Gasteiger charge is -2.32. The number of carbonyl (C=O) groups excluding carboxylic acids is 2. The Morgan fingerprint density at radius 3 is 2.46 bits per heavy atom. The van der Waals surface area contributed by atoms with Gasteiger partial charge in [0.15, 0.2) is 0 Å². The molecule has 9 heteroatoms. The highest BCUT2D eigenvalue weighted by molar-refractivity contribution is 6.05. The van der Waals surface area contributed by atoms with Gasteiger partial charge in [-0.15, -0.1) is 24.8 Å². The van der Waals surface area contributed by atoms with Gasteiger partial charge in [0.05, 0.1) is 6.54 Å². The second kappa shape index (κ2) is 9.75. The van der Waals surface area contributed by atoms with Crippen LogP contribution in [0.1, 0.15) is 30.7 Å². The molecule has 144 valence electrons. The molecule has 2 aliphatic heterocycles. The van der Waals surface area contributed by atoms with Crippen molar-refractivity contribution < 1.29 is 19.5 Å². The summed E-state index contributed by atoms with van der Waals surface area (Å²) in [5.74, 6) is -0.663. The Labute approximate surface area is 164 Å². The van der Waals surface area contributed by atoms with Crippen molar-refractivity contribution in [2.45, 2.75) is 25.2 Å². The van der Waals surface area contributed by atoms with Gasteiger partial charge in [-0.1, -0.05) is 12.1 Å². The van der Waals surface area contributed by atoms with Gasteiger partial charge in [-0.2, -0.15) is 0 Å². The minimum absolute atomic E-state index is 0. The third-order valence-electron chi connectivity index (χ3n) is 4.65. The summed E-state index contributed by atoms with van der Waals surface area (Å²) in [6.07, 6.45) is 2.12. The number of hydrogen-bond acceptors (Lipinski definition) is 4. The van der Waals surface area contributed by atoms with Crippen molar-refractivity contribution in [3.05, 3.63) is 29.8 Å². The molecular formula is C17H23Cl2N3O4. The number of benzene rings is 1. The Morgan fingerprint density at radius 2 is 1.85 bits per heavy atom. The Hall–Kier alpha value is -1.83. The molecule has 0 radical (unpaired) electrons. The molecule has 0 saturated carbocycles. The number of likely N-dealkylation sites (tertiary alicyclic amines) is 1. The standard InChI is InChI=1S/C17H21N3O4.2ClH/c21-15-6-9-20(17(24)18-15)14-3-1-2-13(10-14)12-4-7-19(8-5-12)11-16(22)23;;/h1-3,10,12H,4-9,11H2,(H,22,23)(H,18,21,24);2*1H. The summed E-state index contributed by atoms with van der Waals surface area (Å²) in [7, 11) is 0. The summed E-state index contributed by atoms with van der Waals surface area (Å²) in [6, 6.07) is 7.48. The monoisotopic (exact) mass is 403 g/mol. The van der Waals surface area contributed by atoms with Crippen molar-refractivity contribution in [2.24, 2.45) is 0 Å². The summed E-state index contributed by atoms with van der Waals surface area (Å²) in [5, 5.41) is 11.2. The number of anilines is 1. The lowest BCUT2D eigenvalue weighted by molar-refractivity contribution is -0.138. The van der Waals surface area contributed by atoms with E-state index in [1.54, 1.807) is 4.90 Å². The summed E-state index contributed by atoms with van der Waals surface area (Å²) >= 11 is 0. The van der Waals surface area contributed by atoms with Crippen molar-refractivity contribution >= 4 is 48.4 Å². The van der Waals surface area contributed by atoms with Crippen molar-refractivity contribution in [1.29, 1.82) is 0 Å². The van der Waals surface area contributed by atoms with Gasteiger partial charge in [0.25, 0.3) is 0 Å². The zero-order valence-corrected chi connectivity index (χ0v) is 15.9. The fraction of sp³-hybridized carbons (Fsp3) is 0.471. The van der Waals surface area contributed by atoms with E-state index in [2.05, 4.69) is 5.32 Å². The largest absolute Gasteiger partial charge is 0.480 e. The third-order valence-corrected chi connectivity index (χ3v) is 4.65. The van der Waals surface area contributed by atoms with Crippen LogP contribution in [0.3, 0.4) is 0 Å². The van der Waals surface area contributed by atoms with Gasteiger partial charge in [0, 0.05) is 18.7 Å². The van der Waals surface area contributed by atoms with Crippen molar-refractivity contribution in [2.75, 3.05) is 31.1 Å². The lowest BCUT2D eigenvalue weighted by Crippen LogP contribution is -2.49. The van der Waals surface area contributed by atoms with Crippen molar-refractivity contribution in [1.82, 2.24) is 10.2 Å². The first-order chi connectivity index (χ1) is 11.5. The van der Waals surface area contributed by atoms with Crippen LogP contribution in [0.5, 0.6) is 0 Å². The van der Waals surface area contributed by atoms with Crippen LogP contribution in [0.4, 0.5) is 10.5 Å². The van der Waals surface area contributed by atoms with Gasteiger partial charge >= 0.3 is 12.0 Å². The Kier molecular flexibility index (Phi) is 8.33. The zero-order valence-electron chi connectivity index (χ0n) is 14.2. The summed E-state index contributed by atoms with van der Waals surface area (Å²) in [5.41, 5.74) is 1.96. The number of piperidine rings is 1. The van der Waals surface area contributed by atoms with E-state index >= 15 is 0 Å². The first kappa shape index (κ1) is 22.2. The van der Waals surface area contributed by atoms with E-state index < -0.39 is 5.97 Å². The van der Waals surface area contributed by atoms with E-state index in [9.17, 15) is 14.4 Å². The number of aliphatic carboxylic acids is 1. The number of carboxylic acids is 1. The van der Waals surface area contributed by atoms with Crippen LogP contribution >= 0.6 is 24.8 Å². The number of amides is 3. The zero-order chi connectivity index (χ0) is 17.1. The van der Waals surface area contributed by atoms with Crippen molar-refractivity contribution in [3.8, 4) is 0 Å². The second-order valence-electron chi connectivity index (χ2n) is 6.29. The van der Waals surface area contributed by atoms with Crippen LogP contribution in [-0.2, 0) is 9.59 Å². The molecule has 2 N–H and O–H groups in total. The molecule has 2 heterocycles. The van der Waals surface area contributed by atoms with E-state index in [1.807, 2.05) is 29.2 Å². The summed E-state index contributed by atoms with van der Waals surface area (Å²) < 4.78 is 0. The number of nitrogens with zero attached hydrogens (tertiary/aromatic N) is 2. The van der Waals surface area contributed by atoms with E-state index in [-0.39, 0.29) is 43.3 Å². The van der Waals surface area contributed by atoms with Crippen LogP contribution in [0, 0.1) is 0 Å². The van der Waals surface area contributed by atoms with Crippen molar-refractivity contribution in [3.63, 3.8) is 0 Å². The van der Waals surface area contributed by atoms with Crippen LogP contribution in [0.2, 0.25) is 0 Å². The molecule has 1 aromatic carbocycles. The average molecular weight is 404 g/mol. The molecule has 0 unspecified atom stereocenters. The Morgan fingerprint density at radius 1 is 1.15 bits per heavy atom. The maximum atomic E-state index is 12.0. The number of rotatable bonds is 4. The molecule has 2 aliphatic rings. The molecule has 0 bridgehead atoms. The number of hydrogen-bond donors (Lipinski definition) is 2. The lowest BCUT2D eigenvalue weighted by atomic mass is 9.89. The highest BCUT2D eigenvalue weighted by Crippen LogP contribution is 2.30. The molecular weight excluding hydrogens is 381 g/mol. The summed E-state index contributed by atoms with van der Waals surface area (Å²) in [6.45, 7) is 2.01. The topological polar surface area (TPSA) is 89.9 Å². The maximum Gasteiger partial charge on any atom is 0.328 e. The van der Waals surface area contributed by atoms with Gasteiger partial charge in [-0.25, -0.2) is 4.79 Å². The molecule has 1 aromatic rings. The maximum absolute atomic E-state index is 12.0. The smallest absolute Gasteiger partial charge is 0.328 e. The van der Waals surface area contributed by atoms with Crippen LogP contribution in [-0.4, -0.2) is 54.1 Å². The fourth-order valence-electron chi connectivity index (χ4n) is 3.37. The molecule has 3 rings (SSSR count). The average Bonchev–Trinajstić information content (AvgIpc) is 2.55. The van der Waals surface area contributed by atoms with Crippen LogP contribution < -0.4 is 10.2 Å². The number of halogens is 2. The predicted molar refractivity (Wildman–Crippen MR) is 102 cm³/mol.